The Morgan fingerprint density at radius 1 is 1.50 bits per heavy atom. The van der Waals surface area contributed by atoms with E-state index in [1.54, 1.807) is 12.3 Å². The van der Waals surface area contributed by atoms with Crippen LogP contribution < -0.4 is 5.32 Å². The quantitative estimate of drug-likeness (QED) is 0.883. The lowest BCUT2D eigenvalue weighted by molar-refractivity contribution is -0.116. The van der Waals surface area contributed by atoms with Crippen LogP contribution in [0.2, 0.25) is 0 Å². The standard InChI is InChI=1S/C9H9BrN2O2/c1-6(13)3-12-9(14)7-2-8(10)5-11-4-7/h2,4-5H,3H2,1H3,(H,12,14). The average molecular weight is 257 g/mol. The van der Waals surface area contributed by atoms with E-state index < -0.39 is 0 Å². The van der Waals surface area contributed by atoms with E-state index in [0.717, 1.165) is 4.47 Å². The van der Waals surface area contributed by atoms with Crippen molar-refractivity contribution in [2.24, 2.45) is 0 Å². The van der Waals surface area contributed by atoms with Crippen molar-refractivity contribution in [2.45, 2.75) is 6.92 Å². The molecule has 1 amide bonds. The second-order valence-electron chi connectivity index (χ2n) is 2.78. The van der Waals surface area contributed by atoms with Crippen molar-refractivity contribution in [3.63, 3.8) is 0 Å². The van der Waals surface area contributed by atoms with Gasteiger partial charge in [-0.25, -0.2) is 0 Å². The maximum absolute atomic E-state index is 11.4. The van der Waals surface area contributed by atoms with Crippen molar-refractivity contribution in [3.8, 4) is 0 Å². The number of carbonyl (C=O) groups excluding carboxylic acids is 2. The molecule has 74 valence electrons. The van der Waals surface area contributed by atoms with E-state index in [9.17, 15) is 9.59 Å². The van der Waals surface area contributed by atoms with Crippen LogP contribution in [0.4, 0.5) is 0 Å². The molecule has 1 heterocycles. The molecule has 0 atom stereocenters. The normalized spacial score (nSPS) is 9.57. The number of carbonyl (C=O) groups is 2. The van der Waals surface area contributed by atoms with Gasteiger partial charge in [-0.15, -0.1) is 0 Å². The first kappa shape index (κ1) is 10.8. The average Bonchev–Trinajstić information content (AvgIpc) is 2.14. The van der Waals surface area contributed by atoms with Gasteiger partial charge in [0.15, 0.2) is 0 Å². The summed E-state index contributed by atoms with van der Waals surface area (Å²) in [6.07, 6.45) is 3.03. The largest absolute Gasteiger partial charge is 0.345 e. The van der Waals surface area contributed by atoms with Gasteiger partial charge in [0, 0.05) is 16.9 Å². The van der Waals surface area contributed by atoms with E-state index in [1.807, 2.05) is 0 Å². The Labute approximate surface area is 89.9 Å². The molecule has 1 N–H and O–H groups in total. The van der Waals surface area contributed by atoms with Gasteiger partial charge >= 0.3 is 0 Å². The highest BCUT2D eigenvalue weighted by molar-refractivity contribution is 9.10. The molecule has 0 spiro atoms. The number of aromatic nitrogens is 1. The number of hydrogen-bond acceptors (Lipinski definition) is 3. The predicted molar refractivity (Wildman–Crippen MR) is 55.0 cm³/mol. The zero-order valence-corrected chi connectivity index (χ0v) is 9.17. The zero-order valence-electron chi connectivity index (χ0n) is 7.58. The first-order valence-corrected chi connectivity index (χ1v) is 4.77. The fraction of sp³-hybridized carbons (Fsp3) is 0.222. The number of amides is 1. The topological polar surface area (TPSA) is 59.1 Å². The minimum Gasteiger partial charge on any atom is -0.345 e. The summed E-state index contributed by atoms with van der Waals surface area (Å²) < 4.78 is 0.730. The van der Waals surface area contributed by atoms with Crippen LogP contribution in [0.1, 0.15) is 17.3 Å². The molecule has 4 nitrogen and oxygen atoms in total. The Kier molecular flexibility index (Phi) is 3.76. The van der Waals surface area contributed by atoms with E-state index in [4.69, 9.17) is 0 Å². The zero-order chi connectivity index (χ0) is 10.6. The molecule has 0 unspecified atom stereocenters. The Bertz CT molecular complexity index is 366. The molecule has 0 aromatic carbocycles. The van der Waals surface area contributed by atoms with Crippen LogP contribution >= 0.6 is 15.9 Å². The molecule has 0 radical (unpaired) electrons. The number of halogens is 1. The fourth-order valence-corrected chi connectivity index (χ4v) is 1.21. The van der Waals surface area contributed by atoms with Crippen molar-refractivity contribution < 1.29 is 9.59 Å². The number of nitrogens with zero attached hydrogens (tertiary/aromatic N) is 1. The maximum Gasteiger partial charge on any atom is 0.253 e. The SMILES string of the molecule is CC(=O)CNC(=O)c1cncc(Br)c1. The van der Waals surface area contributed by atoms with Gasteiger partial charge in [0.2, 0.25) is 0 Å². The summed E-state index contributed by atoms with van der Waals surface area (Å²) in [4.78, 5) is 25.8. The number of Topliss-reactive ketones (excluding diaryl/α,β-unsaturated/α-hetero) is 1. The number of pyridine rings is 1. The minimum absolute atomic E-state index is 0.0470. The van der Waals surface area contributed by atoms with Crippen LogP contribution in [0.15, 0.2) is 22.9 Å². The first-order valence-electron chi connectivity index (χ1n) is 3.98. The number of nitrogens with one attached hydrogen (secondary N) is 1. The summed E-state index contributed by atoms with van der Waals surface area (Å²) in [5, 5.41) is 2.48. The molecular formula is C9H9BrN2O2. The lowest BCUT2D eigenvalue weighted by Gasteiger charge is -2.02. The maximum atomic E-state index is 11.4. The third kappa shape index (κ3) is 3.26. The van der Waals surface area contributed by atoms with Crippen LogP contribution in [-0.2, 0) is 4.79 Å². The van der Waals surface area contributed by atoms with E-state index in [0.29, 0.717) is 5.56 Å². The fourth-order valence-electron chi connectivity index (χ4n) is 0.843. The molecule has 0 aliphatic heterocycles. The van der Waals surface area contributed by atoms with Gasteiger partial charge in [-0.1, -0.05) is 0 Å². The lowest BCUT2D eigenvalue weighted by Crippen LogP contribution is -2.28. The van der Waals surface area contributed by atoms with Gasteiger partial charge in [-0.05, 0) is 28.9 Å². The Balaban J connectivity index is 2.65. The summed E-state index contributed by atoms with van der Waals surface area (Å²) >= 11 is 3.20. The Morgan fingerprint density at radius 2 is 2.21 bits per heavy atom. The number of hydrogen-bond donors (Lipinski definition) is 1. The second-order valence-corrected chi connectivity index (χ2v) is 3.69. The monoisotopic (exact) mass is 256 g/mol. The molecule has 14 heavy (non-hydrogen) atoms. The Hall–Kier alpha value is -1.23. The van der Waals surface area contributed by atoms with Gasteiger partial charge in [-0.2, -0.15) is 0 Å². The minimum atomic E-state index is -0.297. The molecule has 0 saturated carbocycles. The first-order chi connectivity index (χ1) is 6.59. The summed E-state index contributed by atoms with van der Waals surface area (Å²) in [6.45, 7) is 1.46. The highest BCUT2D eigenvalue weighted by Crippen LogP contribution is 2.08. The van der Waals surface area contributed by atoms with Gasteiger partial charge in [0.05, 0.1) is 12.1 Å². The van der Waals surface area contributed by atoms with Gasteiger partial charge in [0.1, 0.15) is 5.78 Å². The van der Waals surface area contributed by atoms with E-state index >= 15 is 0 Å². The summed E-state index contributed by atoms with van der Waals surface area (Å²) in [6, 6.07) is 1.64. The van der Waals surface area contributed by atoms with Crippen LogP contribution in [-0.4, -0.2) is 23.2 Å². The summed E-state index contributed by atoms with van der Waals surface area (Å²) in [7, 11) is 0. The Morgan fingerprint density at radius 3 is 2.79 bits per heavy atom. The van der Waals surface area contributed by atoms with Crippen molar-refractivity contribution in [2.75, 3.05) is 6.54 Å². The third-order valence-electron chi connectivity index (χ3n) is 1.46. The number of rotatable bonds is 3. The van der Waals surface area contributed by atoms with E-state index in [2.05, 4.69) is 26.2 Å². The third-order valence-corrected chi connectivity index (χ3v) is 1.90. The molecular weight excluding hydrogens is 248 g/mol. The highest BCUT2D eigenvalue weighted by Gasteiger charge is 2.06. The molecule has 0 fully saturated rings. The van der Waals surface area contributed by atoms with Crippen molar-refractivity contribution >= 4 is 27.6 Å². The van der Waals surface area contributed by atoms with E-state index in [-0.39, 0.29) is 18.2 Å². The van der Waals surface area contributed by atoms with Gasteiger partial charge < -0.3 is 5.32 Å². The van der Waals surface area contributed by atoms with Crippen LogP contribution in [0.5, 0.6) is 0 Å². The molecule has 1 rings (SSSR count). The highest BCUT2D eigenvalue weighted by atomic mass is 79.9. The molecule has 5 heteroatoms. The van der Waals surface area contributed by atoms with Gasteiger partial charge in [0.25, 0.3) is 5.91 Å². The molecule has 0 bridgehead atoms. The second kappa shape index (κ2) is 4.85. The lowest BCUT2D eigenvalue weighted by atomic mass is 10.2. The van der Waals surface area contributed by atoms with E-state index in [1.165, 1.54) is 13.1 Å². The molecule has 1 aromatic rings. The summed E-state index contributed by atoms with van der Waals surface area (Å²) in [5.74, 6) is -0.379. The molecule has 1 aromatic heterocycles. The molecule has 0 aliphatic rings. The smallest absolute Gasteiger partial charge is 0.253 e. The van der Waals surface area contributed by atoms with Crippen molar-refractivity contribution in [1.29, 1.82) is 0 Å². The van der Waals surface area contributed by atoms with Gasteiger partial charge in [-0.3, -0.25) is 14.6 Å². The predicted octanol–water partition coefficient (Wildman–Crippen LogP) is 1.16. The molecule has 0 aliphatic carbocycles. The number of ketones is 1. The van der Waals surface area contributed by atoms with Crippen molar-refractivity contribution in [1.82, 2.24) is 10.3 Å². The van der Waals surface area contributed by atoms with Crippen molar-refractivity contribution in [3.05, 3.63) is 28.5 Å². The summed E-state index contributed by atoms with van der Waals surface area (Å²) in [5.41, 5.74) is 0.431. The molecule has 0 saturated heterocycles. The van der Waals surface area contributed by atoms with Crippen LogP contribution in [0, 0.1) is 0 Å². The van der Waals surface area contributed by atoms with Crippen LogP contribution in [0.25, 0.3) is 0 Å². The van der Waals surface area contributed by atoms with Crippen LogP contribution in [0.3, 0.4) is 0 Å².